The fraction of sp³-hybridized carbons (Fsp3) is 0.286. The maximum atomic E-state index is 9.30. The molecule has 1 nitrogen and oxygen atoms in total. The van der Waals surface area contributed by atoms with Gasteiger partial charge in [-0.2, -0.15) is 0 Å². The second-order valence-electron chi connectivity index (χ2n) is 3.35. The highest BCUT2D eigenvalue weighted by Crippen LogP contribution is 2.01. The molecule has 0 saturated heterocycles. The highest BCUT2D eigenvalue weighted by Gasteiger charge is 1.92. The lowest BCUT2D eigenvalue weighted by Gasteiger charge is -1.97. The van der Waals surface area contributed by atoms with Crippen molar-refractivity contribution < 1.29 is 5.11 Å². The van der Waals surface area contributed by atoms with Gasteiger partial charge in [-0.05, 0) is 12.0 Å². The molecule has 1 aromatic carbocycles. The van der Waals surface area contributed by atoms with Crippen molar-refractivity contribution in [3.63, 3.8) is 0 Å². The van der Waals surface area contributed by atoms with Gasteiger partial charge in [-0.15, -0.1) is 12.5 Å². The molecule has 0 fully saturated rings. The van der Waals surface area contributed by atoms with Crippen molar-refractivity contribution in [3.05, 3.63) is 48.6 Å². The fourth-order valence-electron chi connectivity index (χ4n) is 1.26. The minimum absolute atomic E-state index is 0.540. The van der Waals surface area contributed by atoms with Gasteiger partial charge in [0.1, 0.15) is 6.10 Å². The van der Waals surface area contributed by atoms with Crippen LogP contribution in [0.25, 0.3) is 0 Å². The van der Waals surface area contributed by atoms with Crippen LogP contribution in [0.4, 0.5) is 0 Å². The molecular weight excluding hydrogens is 184 g/mol. The molecule has 0 unspecified atom stereocenters. The highest BCUT2D eigenvalue weighted by molar-refractivity contribution is 5.16. The van der Waals surface area contributed by atoms with Gasteiger partial charge in [0, 0.05) is 12.8 Å². The molecule has 0 heterocycles. The van der Waals surface area contributed by atoms with Crippen molar-refractivity contribution in [2.24, 2.45) is 0 Å². The van der Waals surface area contributed by atoms with E-state index in [1.54, 1.807) is 6.08 Å². The van der Waals surface area contributed by atoms with Gasteiger partial charge >= 0.3 is 0 Å². The summed E-state index contributed by atoms with van der Waals surface area (Å²) >= 11 is 0. The number of benzene rings is 1. The van der Waals surface area contributed by atoms with E-state index in [4.69, 9.17) is 0 Å². The van der Waals surface area contributed by atoms with Gasteiger partial charge < -0.3 is 5.11 Å². The molecule has 1 atom stereocenters. The largest absolute Gasteiger partial charge is 0.380 e. The standard InChI is InChI=1S/C14H16O/c1-2-8-14(15)12-7-6-11-13-9-4-3-5-10-13/h2-5,9-10,14-15H,1,6,8,11H2/t14-/m1/s1. The normalized spacial score (nSPS) is 11.3. The Labute approximate surface area is 91.5 Å². The van der Waals surface area contributed by atoms with Crippen molar-refractivity contribution in [1.82, 2.24) is 0 Å². The smallest absolute Gasteiger partial charge is 0.118 e. The molecule has 1 rings (SSSR count). The molecule has 1 heteroatoms. The van der Waals surface area contributed by atoms with Crippen molar-refractivity contribution in [2.75, 3.05) is 0 Å². The lowest BCUT2D eigenvalue weighted by Crippen LogP contribution is -1.99. The van der Waals surface area contributed by atoms with Crippen LogP contribution in [0, 0.1) is 11.8 Å². The maximum absolute atomic E-state index is 9.30. The Kier molecular flexibility index (Phi) is 5.29. The third-order valence-electron chi connectivity index (χ3n) is 2.04. The summed E-state index contributed by atoms with van der Waals surface area (Å²) in [5, 5.41) is 9.30. The summed E-state index contributed by atoms with van der Waals surface area (Å²) in [5.74, 6) is 5.76. The lowest BCUT2D eigenvalue weighted by atomic mass is 10.1. The summed E-state index contributed by atoms with van der Waals surface area (Å²) in [6, 6.07) is 10.2. The minimum atomic E-state index is -0.557. The number of hydrogen-bond acceptors (Lipinski definition) is 1. The first-order chi connectivity index (χ1) is 7.33. The van der Waals surface area contributed by atoms with E-state index in [9.17, 15) is 5.11 Å². The third-order valence-corrected chi connectivity index (χ3v) is 2.04. The zero-order valence-electron chi connectivity index (χ0n) is 8.82. The van der Waals surface area contributed by atoms with E-state index in [0.717, 1.165) is 12.8 Å². The van der Waals surface area contributed by atoms with Crippen LogP contribution in [0.1, 0.15) is 18.4 Å². The molecule has 1 aromatic rings. The molecule has 0 radical (unpaired) electrons. The van der Waals surface area contributed by atoms with Gasteiger partial charge in [-0.1, -0.05) is 42.3 Å². The molecule has 0 aliphatic rings. The second kappa shape index (κ2) is 6.86. The summed E-state index contributed by atoms with van der Waals surface area (Å²) in [6.45, 7) is 3.55. The average Bonchev–Trinajstić information content (AvgIpc) is 2.26. The third kappa shape index (κ3) is 5.05. The van der Waals surface area contributed by atoms with Gasteiger partial charge in [0.15, 0.2) is 0 Å². The quantitative estimate of drug-likeness (QED) is 0.585. The summed E-state index contributed by atoms with van der Waals surface area (Å²) in [4.78, 5) is 0. The lowest BCUT2D eigenvalue weighted by molar-refractivity contribution is 0.236. The van der Waals surface area contributed by atoms with Crippen molar-refractivity contribution >= 4 is 0 Å². The first kappa shape index (κ1) is 11.6. The Hall–Kier alpha value is -1.52. The SMILES string of the molecule is C=CC[C@@H](O)C#CCCc1ccccc1. The van der Waals surface area contributed by atoms with Gasteiger partial charge in [-0.3, -0.25) is 0 Å². The minimum Gasteiger partial charge on any atom is -0.380 e. The fourth-order valence-corrected chi connectivity index (χ4v) is 1.26. The monoisotopic (exact) mass is 200 g/mol. The van der Waals surface area contributed by atoms with Gasteiger partial charge in [0.05, 0.1) is 0 Å². The van der Waals surface area contributed by atoms with Crippen LogP contribution in [0.15, 0.2) is 43.0 Å². The summed E-state index contributed by atoms with van der Waals surface area (Å²) in [7, 11) is 0. The van der Waals surface area contributed by atoms with Crippen molar-refractivity contribution in [3.8, 4) is 11.8 Å². The van der Waals surface area contributed by atoms with E-state index in [0.29, 0.717) is 6.42 Å². The first-order valence-electron chi connectivity index (χ1n) is 5.14. The Morgan fingerprint density at radius 3 is 2.73 bits per heavy atom. The Morgan fingerprint density at radius 2 is 2.07 bits per heavy atom. The van der Waals surface area contributed by atoms with E-state index in [2.05, 4.69) is 30.6 Å². The molecule has 1 N–H and O–H groups in total. The number of aliphatic hydroxyl groups excluding tert-OH is 1. The molecule has 0 aromatic heterocycles. The van der Waals surface area contributed by atoms with Crippen LogP contribution in [0.2, 0.25) is 0 Å². The predicted molar refractivity (Wildman–Crippen MR) is 63.4 cm³/mol. The Bertz CT molecular complexity index is 343. The van der Waals surface area contributed by atoms with Gasteiger partial charge in [-0.25, -0.2) is 0 Å². The molecule has 0 bridgehead atoms. The average molecular weight is 200 g/mol. The van der Waals surface area contributed by atoms with Crippen LogP contribution in [0.5, 0.6) is 0 Å². The molecule has 15 heavy (non-hydrogen) atoms. The topological polar surface area (TPSA) is 20.2 Å². The van der Waals surface area contributed by atoms with Gasteiger partial charge in [0.25, 0.3) is 0 Å². The van der Waals surface area contributed by atoms with E-state index < -0.39 is 6.10 Å². The Balaban J connectivity index is 2.29. The number of aliphatic hydroxyl groups is 1. The zero-order valence-corrected chi connectivity index (χ0v) is 8.82. The van der Waals surface area contributed by atoms with Gasteiger partial charge in [0.2, 0.25) is 0 Å². The highest BCUT2D eigenvalue weighted by atomic mass is 16.3. The first-order valence-corrected chi connectivity index (χ1v) is 5.14. The predicted octanol–water partition coefficient (Wildman–Crippen LogP) is 2.56. The van der Waals surface area contributed by atoms with Crippen molar-refractivity contribution in [2.45, 2.75) is 25.4 Å². The molecule has 0 spiro atoms. The molecular formula is C14H16O. The summed E-state index contributed by atoms with van der Waals surface area (Å²) < 4.78 is 0. The van der Waals surface area contributed by atoms with Crippen LogP contribution in [-0.2, 0) is 6.42 Å². The van der Waals surface area contributed by atoms with Crippen LogP contribution < -0.4 is 0 Å². The van der Waals surface area contributed by atoms with Crippen LogP contribution in [0.3, 0.4) is 0 Å². The van der Waals surface area contributed by atoms with E-state index in [1.807, 2.05) is 18.2 Å². The number of aryl methyl sites for hydroxylation is 1. The van der Waals surface area contributed by atoms with Crippen LogP contribution >= 0.6 is 0 Å². The summed E-state index contributed by atoms with van der Waals surface area (Å²) in [5.41, 5.74) is 1.28. The second-order valence-corrected chi connectivity index (χ2v) is 3.35. The molecule has 0 saturated carbocycles. The van der Waals surface area contributed by atoms with E-state index >= 15 is 0 Å². The zero-order chi connectivity index (χ0) is 10.9. The van der Waals surface area contributed by atoms with Crippen LogP contribution in [-0.4, -0.2) is 11.2 Å². The molecule has 0 aliphatic heterocycles. The van der Waals surface area contributed by atoms with E-state index in [1.165, 1.54) is 5.56 Å². The molecule has 0 amide bonds. The molecule has 0 aliphatic carbocycles. The summed E-state index contributed by atoms with van der Waals surface area (Å²) in [6.07, 6.45) is 3.39. The maximum Gasteiger partial charge on any atom is 0.118 e. The van der Waals surface area contributed by atoms with Crippen molar-refractivity contribution in [1.29, 1.82) is 0 Å². The van der Waals surface area contributed by atoms with E-state index in [-0.39, 0.29) is 0 Å². The Morgan fingerprint density at radius 1 is 1.33 bits per heavy atom. The number of rotatable bonds is 4. The number of hydrogen-bond donors (Lipinski definition) is 1. The molecule has 78 valence electrons.